The van der Waals surface area contributed by atoms with Crippen LogP contribution in [-0.2, 0) is 6.54 Å². The van der Waals surface area contributed by atoms with Crippen molar-refractivity contribution in [3.63, 3.8) is 0 Å². The molecule has 0 radical (unpaired) electrons. The molecule has 3 nitrogen and oxygen atoms in total. The summed E-state index contributed by atoms with van der Waals surface area (Å²) < 4.78 is 36.0. The molecule has 1 aromatic rings. The molecule has 19 heavy (non-hydrogen) atoms. The van der Waals surface area contributed by atoms with Crippen molar-refractivity contribution in [3.05, 3.63) is 35.4 Å². The number of alkyl halides is 3. The number of halogens is 3. The zero-order valence-corrected chi connectivity index (χ0v) is 11.0. The van der Waals surface area contributed by atoms with Crippen molar-refractivity contribution in [3.8, 4) is 0 Å². The fourth-order valence-electron chi connectivity index (χ4n) is 1.53. The summed E-state index contributed by atoms with van der Waals surface area (Å²) in [7, 11) is 1.53. The summed E-state index contributed by atoms with van der Waals surface area (Å²) in [6.45, 7) is 2.33. The third kappa shape index (κ3) is 6.13. The minimum absolute atomic E-state index is 0.184. The number of hydrogen-bond acceptors (Lipinski definition) is 1. The summed E-state index contributed by atoms with van der Waals surface area (Å²) in [5, 5.41) is 5.62. The monoisotopic (exact) mass is 273 g/mol. The minimum atomic E-state index is -4.15. The number of benzene rings is 1. The van der Waals surface area contributed by atoms with Gasteiger partial charge in [-0.1, -0.05) is 24.3 Å². The molecule has 1 rings (SSSR count). The van der Waals surface area contributed by atoms with Gasteiger partial charge in [0.05, 0.1) is 6.42 Å². The molecule has 0 aliphatic rings. The van der Waals surface area contributed by atoms with Crippen LogP contribution in [0.3, 0.4) is 0 Å². The second-order valence-corrected chi connectivity index (χ2v) is 4.14. The van der Waals surface area contributed by atoms with E-state index < -0.39 is 12.6 Å². The van der Waals surface area contributed by atoms with Gasteiger partial charge in [-0.15, -0.1) is 0 Å². The predicted octanol–water partition coefficient (Wildman–Crippen LogP) is 2.61. The van der Waals surface area contributed by atoms with Gasteiger partial charge in [0.2, 0.25) is 0 Å². The van der Waals surface area contributed by atoms with Crippen molar-refractivity contribution in [1.82, 2.24) is 10.6 Å². The first-order valence-electron chi connectivity index (χ1n) is 5.98. The number of guanidine groups is 1. The van der Waals surface area contributed by atoms with Gasteiger partial charge >= 0.3 is 6.18 Å². The lowest BCUT2D eigenvalue weighted by molar-refractivity contribution is -0.132. The molecule has 0 spiro atoms. The SMILES string of the molecule is CN=C(NCCC(F)(F)F)NCc1ccccc1C. The number of hydrogen-bond donors (Lipinski definition) is 2. The Balaban J connectivity index is 2.40. The lowest BCUT2D eigenvalue weighted by atomic mass is 10.1. The van der Waals surface area contributed by atoms with Crippen molar-refractivity contribution < 1.29 is 13.2 Å². The fourth-order valence-corrected chi connectivity index (χ4v) is 1.53. The first-order valence-corrected chi connectivity index (χ1v) is 5.98. The Labute approximate surface area is 110 Å². The quantitative estimate of drug-likeness (QED) is 0.653. The third-order valence-electron chi connectivity index (χ3n) is 2.63. The van der Waals surface area contributed by atoms with Gasteiger partial charge in [-0.3, -0.25) is 4.99 Å². The molecular weight excluding hydrogens is 255 g/mol. The Morgan fingerprint density at radius 3 is 2.47 bits per heavy atom. The number of nitrogens with zero attached hydrogens (tertiary/aromatic N) is 1. The van der Waals surface area contributed by atoms with Gasteiger partial charge in [0.15, 0.2) is 5.96 Å². The van der Waals surface area contributed by atoms with Crippen LogP contribution in [0.25, 0.3) is 0 Å². The first-order chi connectivity index (χ1) is 8.92. The van der Waals surface area contributed by atoms with Crippen molar-refractivity contribution in [2.24, 2.45) is 4.99 Å². The molecule has 0 saturated heterocycles. The highest BCUT2D eigenvalue weighted by Crippen LogP contribution is 2.18. The largest absolute Gasteiger partial charge is 0.390 e. The second kappa shape index (κ2) is 7.01. The van der Waals surface area contributed by atoms with Crippen LogP contribution in [0, 0.1) is 6.92 Å². The summed E-state index contributed by atoms with van der Waals surface area (Å²) in [4.78, 5) is 3.88. The van der Waals surface area contributed by atoms with Crippen LogP contribution < -0.4 is 10.6 Å². The molecule has 0 saturated carbocycles. The molecule has 0 amide bonds. The van der Waals surface area contributed by atoms with E-state index in [4.69, 9.17) is 0 Å². The maximum atomic E-state index is 12.0. The maximum Gasteiger partial charge on any atom is 0.390 e. The van der Waals surface area contributed by atoms with Gasteiger partial charge in [-0.25, -0.2) is 0 Å². The summed E-state index contributed by atoms with van der Waals surface area (Å²) >= 11 is 0. The van der Waals surface area contributed by atoms with E-state index in [1.165, 1.54) is 7.05 Å². The molecule has 0 fully saturated rings. The number of rotatable bonds is 4. The normalized spacial score (nSPS) is 12.4. The molecule has 0 aromatic heterocycles. The number of aryl methyl sites for hydroxylation is 1. The van der Waals surface area contributed by atoms with E-state index in [9.17, 15) is 13.2 Å². The predicted molar refractivity (Wildman–Crippen MR) is 70.1 cm³/mol. The number of aliphatic imine (C=N–C) groups is 1. The summed E-state index contributed by atoms with van der Waals surface area (Å²) in [5.74, 6) is 0.368. The lowest BCUT2D eigenvalue weighted by Gasteiger charge is -2.13. The Hall–Kier alpha value is -1.72. The van der Waals surface area contributed by atoms with E-state index in [2.05, 4.69) is 15.6 Å². The van der Waals surface area contributed by atoms with Crippen LogP contribution >= 0.6 is 0 Å². The highest BCUT2D eigenvalue weighted by molar-refractivity contribution is 5.79. The standard InChI is InChI=1S/C13H18F3N3/c1-10-5-3-4-6-11(10)9-19-12(17-2)18-8-7-13(14,15)16/h3-6H,7-9H2,1-2H3,(H2,17,18,19). The highest BCUT2D eigenvalue weighted by atomic mass is 19.4. The van der Waals surface area contributed by atoms with Gasteiger partial charge in [0.25, 0.3) is 0 Å². The lowest BCUT2D eigenvalue weighted by Crippen LogP contribution is -2.38. The summed E-state index contributed by atoms with van der Waals surface area (Å²) in [6.07, 6.45) is -5.03. The van der Waals surface area contributed by atoms with Crippen LogP contribution in [0.2, 0.25) is 0 Å². The number of nitrogens with one attached hydrogen (secondary N) is 2. The fraction of sp³-hybridized carbons (Fsp3) is 0.462. The zero-order valence-electron chi connectivity index (χ0n) is 11.0. The Morgan fingerprint density at radius 2 is 1.89 bits per heavy atom. The zero-order chi connectivity index (χ0) is 14.3. The Bertz CT molecular complexity index is 427. The molecule has 0 atom stereocenters. The third-order valence-corrected chi connectivity index (χ3v) is 2.63. The van der Waals surface area contributed by atoms with E-state index in [0.29, 0.717) is 12.5 Å². The molecule has 0 aliphatic heterocycles. The first kappa shape index (κ1) is 15.3. The summed E-state index contributed by atoms with van der Waals surface area (Å²) in [5.41, 5.74) is 2.21. The average molecular weight is 273 g/mol. The minimum Gasteiger partial charge on any atom is -0.356 e. The van der Waals surface area contributed by atoms with Gasteiger partial charge in [0.1, 0.15) is 0 Å². The van der Waals surface area contributed by atoms with E-state index in [1.807, 2.05) is 31.2 Å². The Morgan fingerprint density at radius 1 is 1.21 bits per heavy atom. The van der Waals surface area contributed by atoms with Crippen molar-refractivity contribution in [2.45, 2.75) is 26.1 Å². The van der Waals surface area contributed by atoms with Gasteiger partial charge in [-0.2, -0.15) is 13.2 Å². The van der Waals surface area contributed by atoms with Crippen LogP contribution in [0.5, 0.6) is 0 Å². The molecule has 6 heteroatoms. The van der Waals surface area contributed by atoms with E-state index in [1.54, 1.807) is 0 Å². The van der Waals surface area contributed by atoms with Crippen LogP contribution in [0.1, 0.15) is 17.5 Å². The molecule has 2 N–H and O–H groups in total. The second-order valence-electron chi connectivity index (χ2n) is 4.14. The van der Waals surface area contributed by atoms with Crippen molar-refractivity contribution in [2.75, 3.05) is 13.6 Å². The van der Waals surface area contributed by atoms with E-state index in [0.717, 1.165) is 11.1 Å². The average Bonchev–Trinajstić information content (AvgIpc) is 2.34. The molecule has 1 aromatic carbocycles. The maximum absolute atomic E-state index is 12.0. The molecule has 0 bridgehead atoms. The van der Waals surface area contributed by atoms with Gasteiger partial charge in [0, 0.05) is 20.1 Å². The summed E-state index contributed by atoms with van der Waals surface area (Å²) in [6, 6.07) is 7.81. The van der Waals surface area contributed by atoms with Crippen molar-refractivity contribution in [1.29, 1.82) is 0 Å². The molecule has 0 aliphatic carbocycles. The topological polar surface area (TPSA) is 36.4 Å². The van der Waals surface area contributed by atoms with Crippen LogP contribution in [0.4, 0.5) is 13.2 Å². The molecule has 0 heterocycles. The van der Waals surface area contributed by atoms with Crippen LogP contribution in [0.15, 0.2) is 29.3 Å². The van der Waals surface area contributed by atoms with Gasteiger partial charge in [-0.05, 0) is 18.1 Å². The Kier molecular flexibility index (Phi) is 5.66. The van der Waals surface area contributed by atoms with Gasteiger partial charge < -0.3 is 10.6 Å². The highest BCUT2D eigenvalue weighted by Gasteiger charge is 2.26. The molecule has 0 unspecified atom stereocenters. The molecule has 106 valence electrons. The van der Waals surface area contributed by atoms with E-state index >= 15 is 0 Å². The molecular formula is C13H18F3N3. The smallest absolute Gasteiger partial charge is 0.356 e. The van der Waals surface area contributed by atoms with Crippen LogP contribution in [-0.4, -0.2) is 25.7 Å². The van der Waals surface area contributed by atoms with Crippen molar-refractivity contribution >= 4 is 5.96 Å². The van der Waals surface area contributed by atoms with E-state index in [-0.39, 0.29) is 6.54 Å².